The van der Waals surface area contributed by atoms with Crippen molar-refractivity contribution in [3.05, 3.63) is 35.4 Å². The van der Waals surface area contributed by atoms with Gasteiger partial charge in [0.05, 0.1) is 30.6 Å². The third-order valence-electron chi connectivity index (χ3n) is 3.23. The van der Waals surface area contributed by atoms with Crippen LogP contribution in [0.1, 0.15) is 18.1 Å². The highest BCUT2D eigenvalue weighted by Crippen LogP contribution is 2.15. The molecule has 0 amide bonds. The fourth-order valence-electron chi connectivity index (χ4n) is 2.17. The Morgan fingerprint density at radius 2 is 2.10 bits per heavy atom. The molecule has 1 saturated heterocycles. The van der Waals surface area contributed by atoms with E-state index < -0.39 is 10.0 Å². The summed E-state index contributed by atoms with van der Waals surface area (Å²) in [7, 11) is -3.34. The first kappa shape index (κ1) is 15.0. The van der Waals surface area contributed by atoms with Gasteiger partial charge in [0.25, 0.3) is 0 Å². The fourth-order valence-corrected chi connectivity index (χ4v) is 3.80. The van der Waals surface area contributed by atoms with Crippen LogP contribution in [0.25, 0.3) is 0 Å². The molecule has 1 aromatic rings. The second kappa shape index (κ2) is 6.35. The summed E-state index contributed by atoms with van der Waals surface area (Å²) in [6.07, 6.45) is 0. The van der Waals surface area contributed by atoms with E-state index in [0.29, 0.717) is 37.4 Å². The smallest absolute Gasteiger partial charge is 0.218 e. The highest BCUT2D eigenvalue weighted by Gasteiger charge is 2.26. The summed E-state index contributed by atoms with van der Waals surface area (Å²) in [6, 6.07) is 8.67. The molecule has 2 rings (SSSR count). The molecule has 1 heterocycles. The first-order valence-electron chi connectivity index (χ1n) is 6.56. The predicted molar refractivity (Wildman–Crippen MR) is 75.3 cm³/mol. The van der Waals surface area contributed by atoms with Gasteiger partial charge in [0.15, 0.2) is 0 Å². The SMILES string of the molecule is CC1COCCN(S(=O)(=O)Cc2ccc(C#N)cc2)C1. The largest absolute Gasteiger partial charge is 0.380 e. The van der Waals surface area contributed by atoms with Gasteiger partial charge < -0.3 is 4.74 Å². The predicted octanol–water partition coefficient (Wildman–Crippen LogP) is 1.36. The van der Waals surface area contributed by atoms with Crippen molar-refractivity contribution in [1.82, 2.24) is 4.31 Å². The molecule has 6 heteroatoms. The molecule has 1 aliphatic heterocycles. The van der Waals surface area contributed by atoms with Gasteiger partial charge in [-0.25, -0.2) is 8.42 Å². The summed E-state index contributed by atoms with van der Waals surface area (Å²) in [5.41, 5.74) is 1.23. The van der Waals surface area contributed by atoms with Gasteiger partial charge in [0.1, 0.15) is 0 Å². The Morgan fingerprint density at radius 3 is 2.75 bits per heavy atom. The normalized spacial score (nSPS) is 21.1. The lowest BCUT2D eigenvalue weighted by Gasteiger charge is -2.21. The molecule has 1 aromatic carbocycles. The number of hydrogen-bond acceptors (Lipinski definition) is 4. The van der Waals surface area contributed by atoms with Gasteiger partial charge in [-0.05, 0) is 23.6 Å². The van der Waals surface area contributed by atoms with Crippen LogP contribution in [0.5, 0.6) is 0 Å². The van der Waals surface area contributed by atoms with E-state index in [2.05, 4.69) is 0 Å². The number of rotatable bonds is 3. The van der Waals surface area contributed by atoms with Gasteiger partial charge in [-0.15, -0.1) is 0 Å². The maximum absolute atomic E-state index is 12.4. The zero-order valence-corrected chi connectivity index (χ0v) is 12.3. The van der Waals surface area contributed by atoms with Gasteiger partial charge in [-0.1, -0.05) is 19.1 Å². The van der Waals surface area contributed by atoms with Crippen molar-refractivity contribution >= 4 is 10.0 Å². The van der Waals surface area contributed by atoms with E-state index in [1.165, 1.54) is 4.31 Å². The van der Waals surface area contributed by atoms with E-state index in [4.69, 9.17) is 10.00 Å². The molecule has 0 bridgehead atoms. The van der Waals surface area contributed by atoms with Gasteiger partial charge in [-0.3, -0.25) is 0 Å². The number of ether oxygens (including phenoxy) is 1. The van der Waals surface area contributed by atoms with Crippen molar-refractivity contribution in [2.75, 3.05) is 26.3 Å². The molecule has 1 atom stereocenters. The van der Waals surface area contributed by atoms with Gasteiger partial charge in [0.2, 0.25) is 10.0 Å². The minimum absolute atomic E-state index is 0.0363. The first-order valence-corrected chi connectivity index (χ1v) is 8.17. The van der Waals surface area contributed by atoms with E-state index in [9.17, 15) is 8.42 Å². The van der Waals surface area contributed by atoms with Gasteiger partial charge in [0, 0.05) is 13.1 Å². The summed E-state index contributed by atoms with van der Waals surface area (Å²) in [6.45, 7) is 3.93. The lowest BCUT2D eigenvalue weighted by molar-refractivity contribution is 0.127. The minimum Gasteiger partial charge on any atom is -0.380 e. The molecule has 108 valence electrons. The van der Waals surface area contributed by atoms with Crippen LogP contribution >= 0.6 is 0 Å². The van der Waals surface area contributed by atoms with E-state index in [1.54, 1.807) is 24.3 Å². The molecule has 20 heavy (non-hydrogen) atoms. The second-order valence-corrected chi connectivity index (χ2v) is 7.07. The molecule has 0 saturated carbocycles. The van der Waals surface area contributed by atoms with Crippen LogP contribution in [0.15, 0.2) is 24.3 Å². The Hall–Kier alpha value is -1.42. The second-order valence-electron chi connectivity index (χ2n) is 5.10. The van der Waals surface area contributed by atoms with Crippen molar-refractivity contribution in [2.45, 2.75) is 12.7 Å². The van der Waals surface area contributed by atoms with Crippen LogP contribution in [-0.4, -0.2) is 39.0 Å². The number of sulfonamides is 1. The van der Waals surface area contributed by atoms with Crippen LogP contribution in [-0.2, 0) is 20.5 Å². The Bertz CT molecular complexity index is 590. The number of nitrogens with zero attached hydrogens (tertiary/aromatic N) is 2. The maximum Gasteiger partial charge on any atom is 0.218 e. The lowest BCUT2D eigenvalue weighted by atomic mass is 10.2. The quantitative estimate of drug-likeness (QED) is 0.844. The molecule has 0 aromatic heterocycles. The average molecular weight is 294 g/mol. The van der Waals surface area contributed by atoms with Gasteiger partial charge in [-0.2, -0.15) is 9.57 Å². The van der Waals surface area contributed by atoms with Crippen molar-refractivity contribution in [3.8, 4) is 6.07 Å². The fraction of sp³-hybridized carbons (Fsp3) is 0.500. The molecule has 1 aliphatic rings. The Morgan fingerprint density at radius 1 is 1.40 bits per heavy atom. The zero-order chi connectivity index (χ0) is 14.6. The molecule has 1 unspecified atom stereocenters. The highest BCUT2D eigenvalue weighted by molar-refractivity contribution is 7.88. The molecular formula is C14H18N2O3S. The molecule has 5 nitrogen and oxygen atoms in total. The van der Waals surface area contributed by atoms with Crippen molar-refractivity contribution < 1.29 is 13.2 Å². The zero-order valence-electron chi connectivity index (χ0n) is 11.4. The molecule has 0 radical (unpaired) electrons. The third kappa shape index (κ3) is 3.79. The molecule has 0 aliphatic carbocycles. The van der Waals surface area contributed by atoms with E-state index in [0.717, 1.165) is 0 Å². The maximum atomic E-state index is 12.4. The van der Waals surface area contributed by atoms with Crippen LogP contribution in [0.4, 0.5) is 0 Å². The Kier molecular flexibility index (Phi) is 4.76. The molecule has 0 N–H and O–H groups in total. The average Bonchev–Trinajstić information content (AvgIpc) is 2.64. The van der Waals surface area contributed by atoms with Crippen LogP contribution in [0, 0.1) is 17.2 Å². The first-order chi connectivity index (χ1) is 9.51. The molecule has 0 spiro atoms. The third-order valence-corrected chi connectivity index (χ3v) is 5.04. The van der Waals surface area contributed by atoms with E-state index >= 15 is 0 Å². The number of nitriles is 1. The summed E-state index contributed by atoms with van der Waals surface area (Å²) in [5, 5.41) is 8.73. The highest BCUT2D eigenvalue weighted by atomic mass is 32.2. The van der Waals surface area contributed by atoms with Crippen molar-refractivity contribution in [2.24, 2.45) is 5.92 Å². The standard InChI is InChI=1S/C14H18N2O3S/c1-12-9-16(6-7-19-10-12)20(17,18)11-14-4-2-13(8-15)3-5-14/h2-5,12H,6-7,9-11H2,1H3. The Labute approximate surface area is 119 Å². The summed E-state index contributed by atoms with van der Waals surface area (Å²) >= 11 is 0. The van der Waals surface area contributed by atoms with Crippen molar-refractivity contribution in [1.29, 1.82) is 5.26 Å². The Balaban J connectivity index is 2.11. The van der Waals surface area contributed by atoms with E-state index in [1.807, 2.05) is 13.0 Å². The van der Waals surface area contributed by atoms with Crippen LogP contribution < -0.4 is 0 Å². The monoisotopic (exact) mass is 294 g/mol. The topological polar surface area (TPSA) is 70.4 Å². The van der Waals surface area contributed by atoms with Crippen LogP contribution in [0.2, 0.25) is 0 Å². The molecule has 1 fully saturated rings. The number of hydrogen-bond donors (Lipinski definition) is 0. The summed E-state index contributed by atoms with van der Waals surface area (Å²) in [4.78, 5) is 0. The lowest BCUT2D eigenvalue weighted by Crippen LogP contribution is -2.36. The van der Waals surface area contributed by atoms with Gasteiger partial charge >= 0.3 is 0 Å². The van der Waals surface area contributed by atoms with Crippen molar-refractivity contribution in [3.63, 3.8) is 0 Å². The summed E-state index contributed by atoms with van der Waals surface area (Å²) < 4.78 is 31.7. The van der Waals surface area contributed by atoms with E-state index in [-0.39, 0.29) is 11.7 Å². The molecular weight excluding hydrogens is 276 g/mol. The number of benzene rings is 1. The minimum atomic E-state index is -3.34. The van der Waals surface area contributed by atoms with Crippen LogP contribution in [0.3, 0.4) is 0 Å². The summed E-state index contributed by atoms with van der Waals surface area (Å²) in [5.74, 6) is 0.166.